The highest BCUT2D eigenvalue weighted by Gasteiger charge is 2.36. The van der Waals surface area contributed by atoms with E-state index in [1.54, 1.807) is 18.2 Å². The molecule has 1 nitrogen and oxygen atoms in total. The van der Waals surface area contributed by atoms with Crippen molar-refractivity contribution in [2.45, 2.75) is 51.1 Å². The average Bonchev–Trinajstić information content (AvgIpc) is 2.43. The molecule has 106 valence electrons. The summed E-state index contributed by atoms with van der Waals surface area (Å²) in [7, 11) is 0. The molecule has 0 amide bonds. The molecule has 1 aromatic rings. The maximum atomic E-state index is 13.7. The Labute approximate surface area is 114 Å². The van der Waals surface area contributed by atoms with Crippen molar-refractivity contribution in [2.24, 2.45) is 0 Å². The first-order chi connectivity index (χ1) is 9.08. The lowest BCUT2D eigenvalue weighted by Gasteiger charge is -2.19. The van der Waals surface area contributed by atoms with Gasteiger partial charge in [-0.2, -0.15) is 8.78 Å². The molecule has 0 saturated carbocycles. The molecule has 0 radical (unpaired) electrons. The first-order valence-electron chi connectivity index (χ1n) is 6.86. The first-order valence-corrected chi connectivity index (χ1v) is 6.86. The Morgan fingerprint density at radius 3 is 2.47 bits per heavy atom. The van der Waals surface area contributed by atoms with E-state index in [1.165, 1.54) is 18.2 Å². The lowest BCUT2D eigenvalue weighted by Crippen LogP contribution is -2.23. The van der Waals surface area contributed by atoms with Crippen LogP contribution >= 0.6 is 0 Å². The molecule has 0 aromatic heterocycles. The molecule has 0 heterocycles. The molecule has 1 aromatic carbocycles. The maximum Gasteiger partial charge on any atom is 0.295 e. The number of hydrogen-bond acceptors (Lipinski definition) is 1. The lowest BCUT2D eigenvalue weighted by atomic mass is 10.0. The second-order valence-corrected chi connectivity index (χ2v) is 4.74. The third kappa shape index (κ3) is 5.52. The Balaban J connectivity index is 2.48. The fourth-order valence-corrected chi connectivity index (χ4v) is 1.88. The molecule has 0 spiro atoms. The number of aliphatic hydroxyl groups excluding tert-OH is 1. The zero-order chi connectivity index (χ0) is 14.1. The molecule has 19 heavy (non-hydrogen) atoms. The van der Waals surface area contributed by atoms with Gasteiger partial charge < -0.3 is 5.11 Å². The predicted molar refractivity (Wildman–Crippen MR) is 74.2 cm³/mol. The summed E-state index contributed by atoms with van der Waals surface area (Å²) in [6.45, 7) is 2.11. The maximum absolute atomic E-state index is 13.7. The highest BCUT2D eigenvalue weighted by atomic mass is 19.3. The van der Waals surface area contributed by atoms with Gasteiger partial charge in [0, 0.05) is 0 Å². The number of rotatable bonds is 8. The van der Waals surface area contributed by atoms with E-state index in [0.29, 0.717) is 6.42 Å². The SMILES string of the molecule is CCCCCC/C=C/C(F)(F)C(O)c1ccccc1. The van der Waals surface area contributed by atoms with Crippen molar-refractivity contribution in [1.29, 1.82) is 0 Å². The van der Waals surface area contributed by atoms with Gasteiger partial charge in [-0.25, -0.2) is 0 Å². The molecule has 1 N–H and O–H groups in total. The third-order valence-electron chi connectivity index (χ3n) is 3.04. The van der Waals surface area contributed by atoms with Crippen molar-refractivity contribution in [3.63, 3.8) is 0 Å². The fraction of sp³-hybridized carbons (Fsp3) is 0.500. The summed E-state index contributed by atoms with van der Waals surface area (Å²) in [5.41, 5.74) is 0.239. The molecular formula is C16H22F2O. The number of allylic oxidation sites excluding steroid dienone is 1. The van der Waals surface area contributed by atoms with E-state index < -0.39 is 12.0 Å². The molecule has 0 aliphatic rings. The Kier molecular flexibility index (Phi) is 6.71. The van der Waals surface area contributed by atoms with E-state index >= 15 is 0 Å². The second kappa shape index (κ2) is 8.05. The van der Waals surface area contributed by atoms with Gasteiger partial charge in [0.25, 0.3) is 5.92 Å². The minimum absolute atomic E-state index is 0.239. The van der Waals surface area contributed by atoms with E-state index in [9.17, 15) is 13.9 Å². The zero-order valence-electron chi connectivity index (χ0n) is 11.4. The van der Waals surface area contributed by atoms with E-state index in [4.69, 9.17) is 0 Å². The minimum Gasteiger partial charge on any atom is -0.382 e. The van der Waals surface area contributed by atoms with E-state index in [2.05, 4.69) is 6.92 Å². The molecule has 0 saturated heterocycles. The van der Waals surface area contributed by atoms with Gasteiger partial charge in [0.1, 0.15) is 6.10 Å². The summed E-state index contributed by atoms with van der Waals surface area (Å²) in [6, 6.07) is 8.03. The van der Waals surface area contributed by atoms with Gasteiger partial charge in [-0.1, -0.05) is 62.6 Å². The van der Waals surface area contributed by atoms with Crippen molar-refractivity contribution in [3.8, 4) is 0 Å². The monoisotopic (exact) mass is 268 g/mol. The number of benzene rings is 1. The normalized spacial score (nSPS) is 13.9. The van der Waals surface area contributed by atoms with Crippen LogP contribution in [0.3, 0.4) is 0 Å². The van der Waals surface area contributed by atoms with Crippen LogP contribution in [0.5, 0.6) is 0 Å². The van der Waals surface area contributed by atoms with Crippen LogP contribution in [0.4, 0.5) is 8.78 Å². The number of hydrogen-bond donors (Lipinski definition) is 1. The van der Waals surface area contributed by atoms with Gasteiger partial charge in [0.15, 0.2) is 0 Å². The highest BCUT2D eigenvalue weighted by molar-refractivity contribution is 5.21. The van der Waals surface area contributed by atoms with Gasteiger partial charge in [0.2, 0.25) is 0 Å². The first kappa shape index (κ1) is 15.8. The van der Waals surface area contributed by atoms with E-state index in [0.717, 1.165) is 31.8 Å². The van der Waals surface area contributed by atoms with Gasteiger partial charge in [-0.15, -0.1) is 0 Å². The summed E-state index contributed by atoms with van der Waals surface area (Å²) in [5, 5.41) is 9.69. The average molecular weight is 268 g/mol. The van der Waals surface area contributed by atoms with Gasteiger partial charge >= 0.3 is 0 Å². The molecule has 1 rings (SSSR count). The molecule has 1 atom stereocenters. The predicted octanol–water partition coefficient (Wildman–Crippen LogP) is 4.88. The quantitative estimate of drug-likeness (QED) is 0.526. The number of unbranched alkanes of at least 4 members (excludes halogenated alkanes) is 4. The molecule has 1 unspecified atom stereocenters. The van der Waals surface area contributed by atoms with Crippen LogP contribution in [0.25, 0.3) is 0 Å². The lowest BCUT2D eigenvalue weighted by molar-refractivity contribution is -0.0716. The molecule has 0 bridgehead atoms. The minimum atomic E-state index is -3.22. The second-order valence-electron chi connectivity index (χ2n) is 4.74. The number of halogens is 2. The smallest absolute Gasteiger partial charge is 0.295 e. The summed E-state index contributed by atoms with van der Waals surface area (Å²) in [5.74, 6) is -3.22. The van der Waals surface area contributed by atoms with Crippen molar-refractivity contribution >= 4 is 0 Å². The van der Waals surface area contributed by atoms with Crippen LogP contribution in [0.1, 0.15) is 50.7 Å². The highest BCUT2D eigenvalue weighted by Crippen LogP contribution is 2.32. The Morgan fingerprint density at radius 1 is 1.16 bits per heavy atom. The zero-order valence-corrected chi connectivity index (χ0v) is 11.4. The Hall–Kier alpha value is -1.22. The van der Waals surface area contributed by atoms with Crippen LogP contribution in [0.15, 0.2) is 42.5 Å². The van der Waals surface area contributed by atoms with Crippen molar-refractivity contribution in [1.82, 2.24) is 0 Å². The largest absolute Gasteiger partial charge is 0.382 e. The van der Waals surface area contributed by atoms with Crippen LogP contribution in [-0.4, -0.2) is 11.0 Å². The summed E-state index contributed by atoms with van der Waals surface area (Å²) < 4.78 is 27.5. The Morgan fingerprint density at radius 2 is 1.84 bits per heavy atom. The molecule has 0 aliphatic heterocycles. The topological polar surface area (TPSA) is 20.2 Å². The Bertz CT molecular complexity index is 374. The van der Waals surface area contributed by atoms with Crippen LogP contribution in [0.2, 0.25) is 0 Å². The van der Waals surface area contributed by atoms with Crippen molar-refractivity contribution < 1.29 is 13.9 Å². The van der Waals surface area contributed by atoms with Crippen LogP contribution in [-0.2, 0) is 0 Å². The van der Waals surface area contributed by atoms with Crippen LogP contribution < -0.4 is 0 Å². The number of aliphatic hydroxyl groups is 1. The third-order valence-corrected chi connectivity index (χ3v) is 3.04. The number of alkyl halides is 2. The fourth-order valence-electron chi connectivity index (χ4n) is 1.88. The van der Waals surface area contributed by atoms with Crippen LogP contribution in [0, 0.1) is 0 Å². The standard InChI is InChI=1S/C16H22F2O/c1-2-3-4-5-6-10-13-16(17,18)15(19)14-11-8-7-9-12-14/h7-13,15,19H,2-6H2,1H3/b13-10+. The molecular weight excluding hydrogens is 246 g/mol. The molecule has 0 fully saturated rings. The molecule has 3 heteroatoms. The van der Waals surface area contributed by atoms with Crippen molar-refractivity contribution in [3.05, 3.63) is 48.0 Å². The van der Waals surface area contributed by atoms with Crippen molar-refractivity contribution in [2.75, 3.05) is 0 Å². The van der Waals surface area contributed by atoms with E-state index in [1.807, 2.05) is 0 Å². The summed E-state index contributed by atoms with van der Waals surface area (Å²) in [6.07, 6.45) is 5.41. The van der Waals surface area contributed by atoms with Gasteiger partial charge in [-0.3, -0.25) is 0 Å². The van der Waals surface area contributed by atoms with E-state index in [-0.39, 0.29) is 5.56 Å². The van der Waals surface area contributed by atoms with Gasteiger partial charge in [0.05, 0.1) is 0 Å². The summed E-state index contributed by atoms with van der Waals surface area (Å²) >= 11 is 0. The van der Waals surface area contributed by atoms with Gasteiger partial charge in [-0.05, 0) is 24.5 Å². The summed E-state index contributed by atoms with van der Waals surface area (Å²) in [4.78, 5) is 0. The molecule has 0 aliphatic carbocycles.